The number of nitrogen functional groups attached to an aromatic ring is 1. The monoisotopic (exact) mass is 496 g/mol. The molecule has 0 fully saturated rings. The van der Waals surface area contributed by atoms with E-state index in [4.69, 9.17) is 20.2 Å². The Morgan fingerprint density at radius 1 is 1.24 bits per heavy atom. The Morgan fingerprint density at radius 3 is 2.74 bits per heavy atom. The first-order valence-corrected chi connectivity index (χ1v) is 12.6. The van der Waals surface area contributed by atoms with E-state index in [9.17, 15) is 9.59 Å². The van der Waals surface area contributed by atoms with E-state index in [0.29, 0.717) is 23.8 Å². The SMILES string of the molecule is CC(C)Cn1c(N)c(-c2csc(N3N=C(c4cccs4)C[C@@H]3c3ccco3)n2)c(=O)n(C)c1=O. The average molecular weight is 497 g/mol. The summed E-state index contributed by atoms with van der Waals surface area (Å²) in [6.07, 6.45) is 2.32. The smallest absolute Gasteiger partial charge is 0.332 e. The maximum Gasteiger partial charge on any atom is 0.332 e. The molecular formula is C23H24N6O3S2. The lowest BCUT2D eigenvalue weighted by molar-refractivity contribution is 0.465. The molecule has 34 heavy (non-hydrogen) atoms. The first kappa shape index (κ1) is 22.4. The highest BCUT2D eigenvalue weighted by Crippen LogP contribution is 2.40. The van der Waals surface area contributed by atoms with Gasteiger partial charge in [-0.3, -0.25) is 13.9 Å². The van der Waals surface area contributed by atoms with E-state index < -0.39 is 11.2 Å². The number of thiophene rings is 1. The van der Waals surface area contributed by atoms with Crippen LogP contribution in [0.4, 0.5) is 10.9 Å². The number of nitrogens with zero attached hydrogens (tertiary/aromatic N) is 5. The number of hydrogen-bond acceptors (Lipinski definition) is 9. The van der Waals surface area contributed by atoms with E-state index in [2.05, 4.69) is 0 Å². The van der Waals surface area contributed by atoms with Crippen molar-refractivity contribution in [1.82, 2.24) is 14.1 Å². The third kappa shape index (κ3) is 3.80. The van der Waals surface area contributed by atoms with Crippen LogP contribution in [0.3, 0.4) is 0 Å². The molecule has 9 nitrogen and oxygen atoms in total. The van der Waals surface area contributed by atoms with Gasteiger partial charge in [0.25, 0.3) is 5.56 Å². The van der Waals surface area contributed by atoms with Crippen LogP contribution in [-0.2, 0) is 13.6 Å². The Balaban J connectivity index is 1.59. The van der Waals surface area contributed by atoms with E-state index in [1.807, 2.05) is 48.5 Å². The van der Waals surface area contributed by atoms with Gasteiger partial charge >= 0.3 is 5.69 Å². The first-order valence-electron chi connectivity index (χ1n) is 10.8. The second kappa shape index (κ2) is 8.73. The molecule has 0 saturated heterocycles. The van der Waals surface area contributed by atoms with Crippen LogP contribution in [0.5, 0.6) is 0 Å². The number of rotatable bonds is 6. The number of anilines is 2. The molecule has 0 saturated carbocycles. The zero-order valence-electron chi connectivity index (χ0n) is 19.0. The topological polar surface area (TPSA) is 112 Å². The second-order valence-electron chi connectivity index (χ2n) is 8.53. The Bertz CT molecular complexity index is 1460. The van der Waals surface area contributed by atoms with E-state index in [-0.39, 0.29) is 23.3 Å². The molecule has 1 aliphatic rings. The summed E-state index contributed by atoms with van der Waals surface area (Å²) in [5.74, 6) is 1.10. The van der Waals surface area contributed by atoms with Gasteiger partial charge in [0.15, 0.2) is 0 Å². The highest BCUT2D eigenvalue weighted by atomic mass is 32.1. The van der Waals surface area contributed by atoms with Crippen LogP contribution in [0.15, 0.2) is 60.4 Å². The van der Waals surface area contributed by atoms with Crippen LogP contribution in [-0.4, -0.2) is 19.8 Å². The van der Waals surface area contributed by atoms with Crippen molar-refractivity contribution in [2.24, 2.45) is 18.1 Å². The Labute approximate surface area is 203 Å². The van der Waals surface area contributed by atoms with E-state index in [1.54, 1.807) is 23.0 Å². The predicted octanol–water partition coefficient (Wildman–Crippen LogP) is 3.92. The summed E-state index contributed by atoms with van der Waals surface area (Å²) in [7, 11) is 1.46. The molecule has 0 spiro atoms. The van der Waals surface area contributed by atoms with Gasteiger partial charge in [-0.15, -0.1) is 22.7 Å². The number of hydrogen-bond donors (Lipinski definition) is 1. The van der Waals surface area contributed by atoms with Gasteiger partial charge in [-0.1, -0.05) is 19.9 Å². The predicted molar refractivity (Wildman–Crippen MR) is 136 cm³/mol. The molecule has 0 unspecified atom stereocenters. The molecule has 1 atom stereocenters. The molecule has 5 rings (SSSR count). The fraction of sp³-hybridized carbons (Fsp3) is 0.304. The lowest BCUT2D eigenvalue weighted by Gasteiger charge is -2.18. The normalized spacial score (nSPS) is 15.9. The standard InChI is InChI=1S/C23H24N6O3S2/c1-13(2)11-28-20(24)19(21(30)27(3)23(28)31)15-12-34-22(25-15)29-16(17-6-4-8-32-17)10-14(26-29)18-7-5-9-33-18/h4-9,12-13,16H,10-11,24H2,1-3H3/t16-/m1/s1. The van der Waals surface area contributed by atoms with Crippen LogP contribution in [0.25, 0.3) is 11.3 Å². The van der Waals surface area contributed by atoms with Crippen LogP contribution in [0.2, 0.25) is 0 Å². The summed E-state index contributed by atoms with van der Waals surface area (Å²) in [6.45, 7) is 4.38. The molecule has 5 heterocycles. The molecule has 2 N–H and O–H groups in total. The zero-order chi connectivity index (χ0) is 24.0. The van der Waals surface area contributed by atoms with Gasteiger partial charge in [-0.25, -0.2) is 14.8 Å². The van der Waals surface area contributed by atoms with Gasteiger partial charge < -0.3 is 10.2 Å². The molecule has 0 bridgehead atoms. The maximum absolute atomic E-state index is 13.0. The second-order valence-corrected chi connectivity index (χ2v) is 10.3. The number of nitrogens with two attached hydrogens (primary N) is 1. The molecule has 4 aromatic heterocycles. The van der Waals surface area contributed by atoms with E-state index in [0.717, 1.165) is 20.9 Å². The first-order chi connectivity index (χ1) is 16.3. The fourth-order valence-corrected chi connectivity index (χ4v) is 5.57. The molecule has 0 aliphatic carbocycles. The summed E-state index contributed by atoms with van der Waals surface area (Å²) in [5.41, 5.74) is 7.05. The highest BCUT2D eigenvalue weighted by Gasteiger charge is 2.34. The number of aromatic nitrogens is 3. The number of furan rings is 1. The van der Waals surface area contributed by atoms with Crippen molar-refractivity contribution >= 4 is 39.3 Å². The largest absolute Gasteiger partial charge is 0.467 e. The minimum Gasteiger partial charge on any atom is -0.467 e. The van der Waals surface area contributed by atoms with Crippen molar-refractivity contribution in [2.75, 3.05) is 10.7 Å². The van der Waals surface area contributed by atoms with Crippen molar-refractivity contribution in [2.45, 2.75) is 32.9 Å². The molecule has 4 aromatic rings. The molecule has 1 aliphatic heterocycles. The summed E-state index contributed by atoms with van der Waals surface area (Å²) in [4.78, 5) is 31.5. The Morgan fingerprint density at radius 2 is 2.06 bits per heavy atom. The summed E-state index contributed by atoms with van der Waals surface area (Å²) >= 11 is 3.00. The third-order valence-corrected chi connectivity index (χ3v) is 7.41. The average Bonchev–Trinajstić information content (AvgIpc) is 3.61. The molecule has 176 valence electrons. The van der Waals surface area contributed by atoms with Crippen molar-refractivity contribution in [3.05, 3.63) is 72.8 Å². The number of thiazole rings is 1. The van der Waals surface area contributed by atoms with Crippen LogP contribution >= 0.6 is 22.7 Å². The van der Waals surface area contributed by atoms with Gasteiger partial charge in [-0.05, 0) is 29.5 Å². The lowest BCUT2D eigenvalue weighted by atomic mass is 10.1. The van der Waals surface area contributed by atoms with Crippen molar-refractivity contribution in [3.63, 3.8) is 0 Å². The summed E-state index contributed by atoms with van der Waals surface area (Å²) in [5, 5.41) is 11.1. The quantitative estimate of drug-likeness (QED) is 0.433. The van der Waals surface area contributed by atoms with E-state index >= 15 is 0 Å². The summed E-state index contributed by atoms with van der Waals surface area (Å²) < 4.78 is 8.22. The van der Waals surface area contributed by atoms with Gasteiger partial charge in [0, 0.05) is 25.4 Å². The molecule has 11 heteroatoms. The molecule has 0 aromatic carbocycles. The molecule has 0 amide bonds. The Kier molecular flexibility index (Phi) is 5.74. The van der Waals surface area contributed by atoms with Crippen molar-refractivity contribution in [3.8, 4) is 11.3 Å². The van der Waals surface area contributed by atoms with Crippen molar-refractivity contribution in [1.29, 1.82) is 0 Å². The fourth-order valence-electron chi connectivity index (χ4n) is 4.03. The Hall–Kier alpha value is -3.44. The zero-order valence-corrected chi connectivity index (χ0v) is 20.6. The molecule has 0 radical (unpaired) electrons. The molecular weight excluding hydrogens is 472 g/mol. The van der Waals surface area contributed by atoms with Crippen LogP contribution in [0.1, 0.15) is 36.9 Å². The van der Waals surface area contributed by atoms with Gasteiger partial charge in [0.1, 0.15) is 23.2 Å². The summed E-state index contributed by atoms with van der Waals surface area (Å²) in [6, 6.07) is 7.67. The highest BCUT2D eigenvalue weighted by molar-refractivity contribution is 7.14. The van der Waals surface area contributed by atoms with Gasteiger partial charge in [-0.2, -0.15) is 5.10 Å². The number of hydrazone groups is 1. The van der Waals surface area contributed by atoms with Crippen LogP contribution < -0.4 is 22.0 Å². The van der Waals surface area contributed by atoms with Crippen molar-refractivity contribution < 1.29 is 4.42 Å². The van der Waals surface area contributed by atoms with E-state index in [1.165, 1.54) is 23.0 Å². The van der Waals surface area contributed by atoms with Crippen LogP contribution in [0, 0.1) is 5.92 Å². The maximum atomic E-state index is 13.0. The lowest BCUT2D eigenvalue weighted by Crippen LogP contribution is -2.41. The van der Waals surface area contributed by atoms with Gasteiger partial charge in [0.05, 0.1) is 22.5 Å². The third-order valence-electron chi connectivity index (χ3n) is 5.66. The minimum atomic E-state index is -0.467. The van der Waals surface area contributed by atoms with Gasteiger partial charge in [0.2, 0.25) is 5.13 Å². The minimum absolute atomic E-state index is 0.130.